The standard InChI is InChI=1S/C22H31N3O3S/c1-14-10-21(3,4)13-22(11-14)19(27)25(20(28)24-22)12-18(26)23-15(2)16-6-8-17(29-5)9-7-16/h6-9,14-15H,10-13H2,1-5H3,(H,23,26)(H,24,28). The molecule has 29 heavy (non-hydrogen) atoms. The van der Waals surface area contributed by atoms with Crippen molar-refractivity contribution in [2.24, 2.45) is 11.3 Å². The summed E-state index contributed by atoms with van der Waals surface area (Å²) in [4.78, 5) is 40.5. The average molecular weight is 418 g/mol. The summed E-state index contributed by atoms with van der Waals surface area (Å²) in [6.07, 6.45) is 4.26. The van der Waals surface area contributed by atoms with Gasteiger partial charge in [-0.2, -0.15) is 0 Å². The SMILES string of the molecule is CSc1ccc(C(C)NC(=O)CN2C(=O)NC3(CC(C)CC(C)(C)C3)C2=O)cc1. The Bertz CT molecular complexity index is 808. The van der Waals surface area contributed by atoms with Crippen molar-refractivity contribution in [3.63, 3.8) is 0 Å². The molecule has 3 rings (SSSR count). The van der Waals surface area contributed by atoms with Gasteiger partial charge in [0.2, 0.25) is 5.91 Å². The average Bonchev–Trinajstić information content (AvgIpc) is 2.83. The van der Waals surface area contributed by atoms with E-state index in [1.165, 1.54) is 0 Å². The normalized spacial score (nSPS) is 27.1. The molecule has 0 radical (unpaired) electrons. The van der Waals surface area contributed by atoms with E-state index in [-0.39, 0.29) is 29.8 Å². The van der Waals surface area contributed by atoms with Crippen LogP contribution in [-0.4, -0.2) is 41.1 Å². The molecule has 2 fully saturated rings. The Morgan fingerprint density at radius 1 is 1.28 bits per heavy atom. The van der Waals surface area contributed by atoms with Crippen LogP contribution in [-0.2, 0) is 9.59 Å². The molecule has 2 aliphatic rings. The molecule has 7 heteroatoms. The third-order valence-electron chi connectivity index (χ3n) is 5.92. The lowest BCUT2D eigenvalue weighted by atomic mass is 9.64. The van der Waals surface area contributed by atoms with Gasteiger partial charge >= 0.3 is 6.03 Å². The van der Waals surface area contributed by atoms with Gasteiger partial charge in [-0.3, -0.25) is 14.5 Å². The van der Waals surface area contributed by atoms with E-state index in [1.807, 2.05) is 37.4 Å². The lowest BCUT2D eigenvalue weighted by molar-refractivity contribution is -0.137. The summed E-state index contributed by atoms with van der Waals surface area (Å²) in [5.74, 6) is -0.273. The van der Waals surface area contributed by atoms with E-state index in [1.54, 1.807) is 11.8 Å². The maximum Gasteiger partial charge on any atom is 0.325 e. The lowest BCUT2D eigenvalue weighted by Crippen LogP contribution is -2.54. The van der Waals surface area contributed by atoms with Crippen molar-refractivity contribution in [2.45, 2.75) is 63.4 Å². The number of hydrogen-bond acceptors (Lipinski definition) is 4. The summed E-state index contributed by atoms with van der Waals surface area (Å²) >= 11 is 1.66. The minimum Gasteiger partial charge on any atom is -0.348 e. The molecule has 1 aliphatic carbocycles. The molecule has 3 atom stereocenters. The van der Waals surface area contributed by atoms with Crippen molar-refractivity contribution >= 4 is 29.6 Å². The summed E-state index contributed by atoms with van der Waals surface area (Å²) < 4.78 is 0. The zero-order chi connectivity index (χ0) is 21.4. The number of urea groups is 1. The highest BCUT2D eigenvalue weighted by Crippen LogP contribution is 2.46. The summed E-state index contributed by atoms with van der Waals surface area (Å²) in [6.45, 7) is 8.01. The van der Waals surface area contributed by atoms with Gasteiger partial charge in [0.1, 0.15) is 12.1 Å². The van der Waals surface area contributed by atoms with Crippen LogP contribution in [0.4, 0.5) is 4.79 Å². The van der Waals surface area contributed by atoms with Gasteiger partial charge in [0.05, 0.1) is 6.04 Å². The second-order valence-electron chi connectivity index (χ2n) is 9.32. The van der Waals surface area contributed by atoms with Gasteiger partial charge in [-0.05, 0) is 61.5 Å². The molecular weight excluding hydrogens is 386 g/mol. The number of hydrogen-bond donors (Lipinski definition) is 2. The van der Waals surface area contributed by atoms with Crippen molar-refractivity contribution in [1.29, 1.82) is 0 Å². The third-order valence-corrected chi connectivity index (χ3v) is 6.66. The Kier molecular flexibility index (Phi) is 5.99. The van der Waals surface area contributed by atoms with Crippen molar-refractivity contribution < 1.29 is 14.4 Å². The fourth-order valence-electron chi connectivity index (χ4n) is 5.06. The van der Waals surface area contributed by atoms with E-state index in [9.17, 15) is 14.4 Å². The van der Waals surface area contributed by atoms with Crippen molar-refractivity contribution in [3.8, 4) is 0 Å². The Morgan fingerprint density at radius 2 is 1.93 bits per heavy atom. The monoisotopic (exact) mass is 417 g/mol. The van der Waals surface area contributed by atoms with Gasteiger partial charge in [0.15, 0.2) is 0 Å². The molecule has 1 spiro atoms. The van der Waals surface area contributed by atoms with E-state index in [0.29, 0.717) is 18.8 Å². The largest absolute Gasteiger partial charge is 0.348 e. The first kappa shape index (κ1) is 21.7. The number of thioether (sulfide) groups is 1. The Labute approximate surface area is 177 Å². The maximum absolute atomic E-state index is 13.1. The quantitative estimate of drug-likeness (QED) is 0.565. The molecular formula is C22H31N3O3S. The first-order valence-electron chi connectivity index (χ1n) is 10.1. The van der Waals surface area contributed by atoms with Crippen molar-refractivity contribution in [2.75, 3.05) is 12.8 Å². The topological polar surface area (TPSA) is 78.5 Å². The number of nitrogens with one attached hydrogen (secondary N) is 2. The summed E-state index contributed by atoms with van der Waals surface area (Å²) in [5, 5.41) is 5.81. The molecule has 0 bridgehead atoms. The predicted octanol–water partition coefficient (Wildman–Crippen LogP) is 3.72. The van der Waals surface area contributed by atoms with E-state index in [2.05, 4.69) is 31.4 Å². The van der Waals surface area contributed by atoms with Gasteiger partial charge in [0.25, 0.3) is 5.91 Å². The Balaban J connectivity index is 1.65. The smallest absolute Gasteiger partial charge is 0.325 e. The fourth-order valence-corrected chi connectivity index (χ4v) is 5.46. The molecule has 0 aromatic heterocycles. The van der Waals surface area contributed by atoms with Crippen LogP contribution in [0.15, 0.2) is 29.2 Å². The van der Waals surface area contributed by atoms with Gasteiger partial charge in [0, 0.05) is 4.90 Å². The van der Waals surface area contributed by atoms with Crippen LogP contribution in [0.3, 0.4) is 0 Å². The molecule has 1 aliphatic heterocycles. The molecule has 158 valence electrons. The third kappa shape index (κ3) is 4.60. The van der Waals surface area contributed by atoms with Crippen LogP contribution in [0, 0.1) is 11.3 Å². The van der Waals surface area contributed by atoms with Gasteiger partial charge in [-0.25, -0.2) is 4.79 Å². The van der Waals surface area contributed by atoms with Crippen LogP contribution in [0.2, 0.25) is 0 Å². The summed E-state index contributed by atoms with van der Waals surface area (Å²) in [6, 6.07) is 7.30. The molecule has 6 nitrogen and oxygen atoms in total. The summed E-state index contributed by atoms with van der Waals surface area (Å²) in [5.41, 5.74) is 0.0707. The molecule has 1 saturated heterocycles. The molecule has 4 amide bonds. The van der Waals surface area contributed by atoms with E-state index in [0.717, 1.165) is 21.8 Å². The predicted molar refractivity (Wildman–Crippen MR) is 115 cm³/mol. The number of amides is 4. The van der Waals surface area contributed by atoms with Gasteiger partial charge < -0.3 is 10.6 Å². The molecule has 1 aromatic carbocycles. The molecule has 1 saturated carbocycles. The first-order valence-corrected chi connectivity index (χ1v) is 11.4. The molecule has 3 unspecified atom stereocenters. The lowest BCUT2D eigenvalue weighted by Gasteiger charge is -2.43. The second-order valence-corrected chi connectivity index (χ2v) is 10.2. The van der Waals surface area contributed by atoms with E-state index < -0.39 is 11.6 Å². The highest BCUT2D eigenvalue weighted by Gasteiger charge is 2.56. The number of benzene rings is 1. The van der Waals surface area contributed by atoms with Gasteiger partial charge in [-0.15, -0.1) is 11.8 Å². The second kappa shape index (κ2) is 8.01. The fraction of sp³-hybridized carbons (Fsp3) is 0.591. The highest BCUT2D eigenvalue weighted by molar-refractivity contribution is 7.98. The Morgan fingerprint density at radius 3 is 2.52 bits per heavy atom. The number of nitrogens with zero attached hydrogens (tertiary/aromatic N) is 1. The number of rotatable bonds is 5. The van der Waals surface area contributed by atoms with Crippen molar-refractivity contribution in [3.05, 3.63) is 29.8 Å². The first-order chi connectivity index (χ1) is 13.5. The maximum atomic E-state index is 13.1. The Hall–Kier alpha value is -2.02. The highest BCUT2D eigenvalue weighted by atomic mass is 32.2. The van der Waals surface area contributed by atoms with E-state index in [4.69, 9.17) is 0 Å². The van der Waals surface area contributed by atoms with Crippen LogP contribution in [0.5, 0.6) is 0 Å². The summed E-state index contributed by atoms with van der Waals surface area (Å²) in [7, 11) is 0. The number of carbonyl (C=O) groups is 3. The van der Waals surface area contributed by atoms with Gasteiger partial charge in [-0.1, -0.05) is 32.9 Å². The molecule has 2 N–H and O–H groups in total. The molecule has 1 heterocycles. The van der Waals surface area contributed by atoms with Crippen LogP contribution in [0.1, 0.15) is 58.6 Å². The minimum absolute atomic E-state index is 0.0314. The van der Waals surface area contributed by atoms with Crippen LogP contribution in [0.25, 0.3) is 0 Å². The number of carbonyl (C=O) groups excluding carboxylic acids is 3. The zero-order valence-corrected chi connectivity index (χ0v) is 18.7. The molecule has 1 aromatic rings. The zero-order valence-electron chi connectivity index (χ0n) is 17.9. The van der Waals surface area contributed by atoms with Crippen LogP contribution < -0.4 is 10.6 Å². The minimum atomic E-state index is -0.877. The van der Waals surface area contributed by atoms with Crippen molar-refractivity contribution in [1.82, 2.24) is 15.5 Å². The number of imide groups is 1. The van der Waals surface area contributed by atoms with Crippen LogP contribution >= 0.6 is 11.8 Å². The van der Waals surface area contributed by atoms with E-state index >= 15 is 0 Å².